The maximum atomic E-state index is 8.94. The first-order valence-corrected chi connectivity index (χ1v) is 7.82. The monoisotopic (exact) mass is 245 g/mol. The van der Waals surface area contributed by atoms with Crippen LogP contribution in [-0.4, -0.2) is 35.3 Å². The summed E-state index contributed by atoms with van der Waals surface area (Å²) in [6.07, 6.45) is 6.57. The predicted octanol–water partition coefficient (Wildman–Crippen LogP) is 2.66. The second-order valence-electron chi connectivity index (χ2n) is 4.78. The summed E-state index contributed by atoms with van der Waals surface area (Å²) >= 11 is 1.96. The van der Waals surface area contributed by atoms with Crippen LogP contribution in [0.5, 0.6) is 0 Å². The Kier molecular flexibility index (Phi) is 7.50. The molecule has 2 nitrogen and oxygen atoms in total. The van der Waals surface area contributed by atoms with Crippen LogP contribution in [0.3, 0.4) is 0 Å². The molecule has 3 unspecified atom stereocenters. The number of aliphatic hydroxyl groups excluding tert-OH is 1. The molecule has 96 valence electrons. The molecule has 2 N–H and O–H groups in total. The van der Waals surface area contributed by atoms with Gasteiger partial charge < -0.3 is 10.4 Å². The fourth-order valence-corrected chi connectivity index (χ4v) is 3.82. The van der Waals surface area contributed by atoms with Crippen molar-refractivity contribution >= 4 is 11.8 Å². The molecule has 0 bridgehead atoms. The van der Waals surface area contributed by atoms with Gasteiger partial charge in [0, 0.05) is 17.0 Å². The van der Waals surface area contributed by atoms with Crippen LogP contribution in [0.1, 0.15) is 46.0 Å². The molecule has 0 heterocycles. The number of hydrogen-bond acceptors (Lipinski definition) is 3. The second kappa shape index (κ2) is 8.37. The van der Waals surface area contributed by atoms with Crippen molar-refractivity contribution < 1.29 is 5.11 Å². The van der Waals surface area contributed by atoms with Gasteiger partial charge in [-0.1, -0.05) is 20.3 Å². The van der Waals surface area contributed by atoms with E-state index in [1.807, 2.05) is 11.8 Å². The number of aliphatic hydroxyl groups is 1. The Labute approximate surface area is 105 Å². The average molecular weight is 245 g/mol. The standard InChI is InChI=1S/C13H27NOS/c1-3-7-14-12-6-5-11(4-2)10-13(12)16-9-8-15/h11-15H,3-10H2,1-2H3. The van der Waals surface area contributed by atoms with Crippen LogP contribution in [0.25, 0.3) is 0 Å². The molecule has 0 saturated heterocycles. The molecule has 0 aliphatic heterocycles. The van der Waals surface area contributed by atoms with Gasteiger partial charge in [0.1, 0.15) is 0 Å². The highest BCUT2D eigenvalue weighted by Gasteiger charge is 2.29. The lowest BCUT2D eigenvalue weighted by Crippen LogP contribution is -2.43. The Balaban J connectivity index is 2.39. The maximum absolute atomic E-state index is 8.94. The molecule has 3 heteroatoms. The van der Waals surface area contributed by atoms with Crippen LogP contribution in [0.15, 0.2) is 0 Å². The Hall–Kier alpha value is 0.270. The molecule has 1 fully saturated rings. The number of thioether (sulfide) groups is 1. The molecule has 16 heavy (non-hydrogen) atoms. The van der Waals surface area contributed by atoms with E-state index in [4.69, 9.17) is 5.11 Å². The van der Waals surface area contributed by atoms with E-state index >= 15 is 0 Å². The van der Waals surface area contributed by atoms with Crippen LogP contribution in [-0.2, 0) is 0 Å². The fourth-order valence-electron chi connectivity index (χ4n) is 2.53. The molecule has 1 saturated carbocycles. The zero-order valence-electron chi connectivity index (χ0n) is 10.7. The van der Waals surface area contributed by atoms with Gasteiger partial charge in [-0.15, -0.1) is 0 Å². The van der Waals surface area contributed by atoms with Gasteiger partial charge in [0.25, 0.3) is 0 Å². The third kappa shape index (κ3) is 4.64. The second-order valence-corrected chi connectivity index (χ2v) is 6.13. The van der Waals surface area contributed by atoms with Crippen LogP contribution >= 0.6 is 11.8 Å². The van der Waals surface area contributed by atoms with Crippen molar-refractivity contribution in [2.45, 2.75) is 57.2 Å². The summed E-state index contributed by atoms with van der Waals surface area (Å²) in [5, 5.41) is 13.3. The first-order valence-electron chi connectivity index (χ1n) is 6.77. The molecule has 0 spiro atoms. The molecule has 1 aliphatic carbocycles. The van der Waals surface area contributed by atoms with E-state index in [2.05, 4.69) is 19.2 Å². The van der Waals surface area contributed by atoms with E-state index in [9.17, 15) is 0 Å². The van der Waals surface area contributed by atoms with Crippen LogP contribution in [0.2, 0.25) is 0 Å². The molecule has 0 aromatic rings. The largest absolute Gasteiger partial charge is 0.396 e. The zero-order valence-corrected chi connectivity index (χ0v) is 11.6. The minimum atomic E-state index is 0.318. The third-order valence-electron chi connectivity index (χ3n) is 3.56. The van der Waals surface area contributed by atoms with Gasteiger partial charge in [-0.3, -0.25) is 0 Å². The molecule has 1 aliphatic rings. The van der Waals surface area contributed by atoms with E-state index in [1.165, 1.54) is 32.1 Å². The van der Waals surface area contributed by atoms with Crippen LogP contribution in [0.4, 0.5) is 0 Å². The smallest absolute Gasteiger partial charge is 0.0521 e. The summed E-state index contributed by atoms with van der Waals surface area (Å²) in [5.41, 5.74) is 0. The Morgan fingerprint density at radius 1 is 1.31 bits per heavy atom. The molecule has 0 radical (unpaired) electrons. The molecule has 1 rings (SSSR count). The average Bonchev–Trinajstić information content (AvgIpc) is 2.34. The highest BCUT2D eigenvalue weighted by Crippen LogP contribution is 2.34. The summed E-state index contributed by atoms with van der Waals surface area (Å²) < 4.78 is 0. The summed E-state index contributed by atoms with van der Waals surface area (Å²) in [5.74, 6) is 1.81. The SMILES string of the molecule is CCCNC1CCC(CC)CC1SCCO. The number of nitrogens with one attached hydrogen (secondary N) is 1. The first kappa shape index (κ1) is 14.3. The van der Waals surface area contributed by atoms with Gasteiger partial charge in [-0.2, -0.15) is 11.8 Å². The van der Waals surface area contributed by atoms with E-state index in [0.29, 0.717) is 12.6 Å². The molecule has 0 aromatic heterocycles. The van der Waals surface area contributed by atoms with E-state index in [0.717, 1.165) is 23.5 Å². The van der Waals surface area contributed by atoms with Crippen molar-refractivity contribution in [2.24, 2.45) is 5.92 Å². The number of rotatable bonds is 7. The summed E-state index contributed by atoms with van der Waals surface area (Å²) in [7, 11) is 0. The molecular weight excluding hydrogens is 218 g/mol. The first-order chi connectivity index (χ1) is 7.81. The third-order valence-corrected chi connectivity index (χ3v) is 4.92. The van der Waals surface area contributed by atoms with Crippen LogP contribution < -0.4 is 5.32 Å². The lowest BCUT2D eigenvalue weighted by atomic mass is 9.84. The van der Waals surface area contributed by atoms with Crippen molar-refractivity contribution in [2.75, 3.05) is 18.9 Å². The van der Waals surface area contributed by atoms with E-state index < -0.39 is 0 Å². The van der Waals surface area contributed by atoms with Crippen molar-refractivity contribution in [3.05, 3.63) is 0 Å². The minimum Gasteiger partial charge on any atom is -0.396 e. The molecule has 0 aromatic carbocycles. The zero-order chi connectivity index (χ0) is 11.8. The summed E-state index contributed by atoms with van der Waals surface area (Å²) in [6.45, 7) is 5.98. The van der Waals surface area contributed by atoms with Crippen LogP contribution in [0, 0.1) is 5.92 Å². The summed E-state index contributed by atoms with van der Waals surface area (Å²) in [4.78, 5) is 0. The normalized spacial score (nSPS) is 30.6. The highest BCUT2D eigenvalue weighted by molar-refractivity contribution is 7.99. The van der Waals surface area contributed by atoms with E-state index in [-0.39, 0.29) is 0 Å². The van der Waals surface area contributed by atoms with Crippen molar-refractivity contribution in [3.63, 3.8) is 0 Å². The maximum Gasteiger partial charge on any atom is 0.0521 e. The molecule has 3 atom stereocenters. The van der Waals surface area contributed by atoms with Gasteiger partial charge >= 0.3 is 0 Å². The lowest BCUT2D eigenvalue weighted by molar-refractivity contribution is 0.293. The summed E-state index contributed by atoms with van der Waals surface area (Å²) in [6, 6.07) is 0.680. The van der Waals surface area contributed by atoms with Gasteiger partial charge in [-0.05, 0) is 38.1 Å². The minimum absolute atomic E-state index is 0.318. The Morgan fingerprint density at radius 2 is 2.12 bits per heavy atom. The Morgan fingerprint density at radius 3 is 2.75 bits per heavy atom. The fraction of sp³-hybridized carbons (Fsp3) is 1.00. The van der Waals surface area contributed by atoms with Gasteiger partial charge in [0.05, 0.1) is 6.61 Å². The van der Waals surface area contributed by atoms with Crippen molar-refractivity contribution in [1.82, 2.24) is 5.32 Å². The van der Waals surface area contributed by atoms with Crippen molar-refractivity contribution in [3.8, 4) is 0 Å². The van der Waals surface area contributed by atoms with Crippen molar-refractivity contribution in [1.29, 1.82) is 0 Å². The van der Waals surface area contributed by atoms with Gasteiger partial charge in [-0.25, -0.2) is 0 Å². The number of hydrogen-bond donors (Lipinski definition) is 2. The predicted molar refractivity (Wildman–Crippen MR) is 73.0 cm³/mol. The Bertz CT molecular complexity index is 177. The van der Waals surface area contributed by atoms with Gasteiger partial charge in [0.15, 0.2) is 0 Å². The highest BCUT2D eigenvalue weighted by atomic mass is 32.2. The topological polar surface area (TPSA) is 32.3 Å². The van der Waals surface area contributed by atoms with Gasteiger partial charge in [0.2, 0.25) is 0 Å². The lowest BCUT2D eigenvalue weighted by Gasteiger charge is -2.36. The van der Waals surface area contributed by atoms with E-state index in [1.54, 1.807) is 0 Å². The quantitative estimate of drug-likeness (QED) is 0.723. The molecule has 0 amide bonds. The molecular formula is C13H27NOS.